The van der Waals surface area contributed by atoms with E-state index in [4.69, 9.17) is 9.47 Å². The number of amides is 1. The fourth-order valence-corrected chi connectivity index (χ4v) is 6.54. The Morgan fingerprint density at radius 3 is 2.21 bits per heavy atom. The first-order valence-electron chi connectivity index (χ1n) is 15.7. The zero-order chi connectivity index (χ0) is 34.4. The van der Waals surface area contributed by atoms with E-state index in [0.29, 0.717) is 18.9 Å². The van der Waals surface area contributed by atoms with Gasteiger partial charge in [-0.1, -0.05) is 66.7 Å². The molecule has 0 spiro atoms. The maximum atomic E-state index is 13.9. The number of carboxylic acid groups (broad SMARTS) is 1. The molecule has 11 nitrogen and oxygen atoms in total. The quantitative estimate of drug-likeness (QED) is 0.172. The molecule has 1 aliphatic carbocycles. The lowest BCUT2D eigenvalue weighted by Crippen LogP contribution is -2.40. The topological polar surface area (TPSA) is 139 Å². The van der Waals surface area contributed by atoms with Gasteiger partial charge >= 0.3 is 12.1 Å². The van der Waals surface area contributed by atoms with Crippen LogP contribution in [0, 0.1) is 0 Å². The van der Waals surface area contributed by atoms with E-state index in [9.17, 15) is 23.1 Å². The molecule has 1 amide bonds. The number of aromatic nitrogens is 2. The second-order valence-electron chi connectivity index (χ2n) is 12.8. The van der Waals surface area contributed by atoms with Crippen molar-refractivity contribution >= 4 is 27.9 Å². The van der Waals surface area contributed by atoms with Crippen LogP contribution < -0.4 is 4.90 Å². The highest BCUT2D eigenvalue weighted by Gasteiger charge is 2.44. The minimum Gasteiger partial charge on any atom is -0.480 e. The van der Waals surface area contributed by atoms with Crippen molar-refractivity contribution in [1.82, 2.24) is 14.3 Å². The second kappa shape index (κ2) is 14.6. The Kier molecular flexibility index (Phi) is 10.6. The normalized spacial score (nSPS) is 14.0. The van der Waals surface area contributed by atoms with E-state index in [1.165, 1.54) is 22.6 Å². The molecule has 2 aromatic carbocycles. The first-order valence-corrected chi connectivity index (χ1v) is 17.1. The van der Waals surface area contributed by atoms with Gasteiger partial charge in [-0.3, -0.25) is 9.69 Å². The molecule has 1 fully saturated rings. The third-order valence-electron chi connectivity index (χ3n) is 7.82. The van der Waals surface area contributed by atoms with Gasteiger partial charge in [0.1, 0.15) is 18.0 Å². The first-order chi connectivity index (χ1) is 22.8. The van der Waals surface area contributed by atoms with Gasteiger partial charge < -0.3 is 14.6 Å². The van der Waals surface area contributed by atoms with Crippen molar-refractivity contribution in [2.75, 3.05) is 18.1 Å². The van der Waals surface area contributed by atoms with Crippen LogP contribution in [0.2, 0.25) is 0 Å². The summed E-state index contributed by atoms with van der Waals surface area (Å²) in [5, 5.41) is 9.37. The lowest BCUT2D eigenvalue weighted by atomic mass is 9.96. The van der Waals surface area contributed by atoms with Crippen LogP contribution >= 0.6 is 0 Å². The number of hydrogen-bond donors (Lipinski definition) is 1. The van der Waals surface area contributed by atoms with Crippen molar-refractivity contribution in [3.63, 3.8) is 0 Å². The number of nitrogens with zero attached hydrogens (tertiary/aromatic N) is 4. The third kappa shape index (κ3) is 9.03. The summed E-state index contributed by atoms with van der Waals surface area (Å²) in [7, 11) is -4.09. The molecule has 252 valence electrons. The summed E-state index contributed by atoms with van der Waals surface area (Å²) in [5.41, 5.74) is 2.41. The van der Waals surface area contributed by atoms with E-state index in [1.54, 1.807) is 45.0 Å². The molecule has 0 bridgehead atoms. The molecule has 0 saturated heterocycles. The van der Waals surface area contributed by atoms with Crippen LogP contribution in [-0.4, -0.2) is 58.6 Å². The largest absolute Gasteiger partial charge is 0.480 e. The molecule has 2 aromatic heterocycles. The molecule has 5 rings (SSSR count). The van der Waals surface area contributed by atoms with Crippen molar-refractivity contribution in [3.05, 3.63) is 120 Å². The van der Waals surface area contributed by atoms with Gasteiger partial charge in [0.2, 0.25) is 0 Å². The van der Waals surface area contributed by atoms with Gasteiger partial charge in [-0.25, -0.2) is 23.2 Å². The Hall–Kier alpha value is -4.65. The van der Waals surface area contributed by atoms with Gasteiger partial charge in [0.25, 0.3) is 10.0 Å². The van der Waals surface area contributed by atoms with Crippen LogP contribution in [0.3, 0.4) is 0 Å². The first kappa shape index (κ1) is 34.7. The van der Waals surface area contributed by atoms with Crippen LogP contribution in [0.1, 0.15) is 56.0 Å². The summed E-state index contributed by atoms with van der Waals surface area (Å²) in [6.45, 7) is 5.33. The van der Waals surface area contributed by atoms with E-state index in [0.717, 1.165) is 34.4 Å². The van der Waals surface area contributed by atoms with Crippen LogP contribution in [-0.2, 0) is 49.4 Å². The van der Waals surface area contributed by atoms with Gasteiger partial charge in [0, 0.05) is 18.2 Å². The van der Waals surface area contributed by atoms with Gasteiger partial charge in [-0.05, 0) is 74.6 Å². The molecule has 0 aliphatic heterocycles. The minimum absolute atomic E-state index is 0.0212. The summed E-state index contributed by atoms with van der Waals surface area (Å²) in [6.07, 6.45) is 2.57. The predicted octanol–water partition coefficient (Wildman–Crippen LogP) is 5.94. The molecule has 1 N–H and O–H groups in total. The molecule has 0 atom stereocenters. The number of aliphatic carboxylic acids is 1. The Labute approximate surface area is 281 Å². The molecule has 1 saturated carbocycles. The molecule has 4 aromatic rings. The van der Waals surface area contributed by atoms with Crippen LogP contribution in [0.25, 0.3) is 0 Å². The Morgan fingerprint density at radius 1 is 0.875 bits per heavy atom. The summed E-state index contributed by atoms with van der Waals surface area (Å²) in [4.78, 5) is 34.0. The number of ether oxygens (including phenoxy) is 2. The fourth-order valence-electron chi connectivity index (χ4n) is 5.21. The van der Waals surface area contributed by atoms with Gasteiger partial charge in [0.05, 0.1) is 25.5 Å². The number of pyridine rings is 2. The monoisotopic (exact) mass is 672 g/mol. The van der Waals surface area contributed by atoms with Gasteiger partial charge in [-0.2, -0.15) is 4.31 Å². The molecule has 48 heavy (non-hydrogen) atoms. The van der Waals surface area contributed by atoms with Gasteiger partial charge in [-0.15, -0.1) is 0 Å². The molecule has 0 unspecified atom stereocenters. The number of carbonyl (C=O) groups excluding carboxylic acids is 1. The summed E-state index contributed by atoms with van der Waals surface area (Å²) in [6, 6.07) is 27.3. The highest BCUT2D eigenvalue weighted by molar-refractivity contribution is 7.89. The molecule has 12 heteroatoms. The molecule has 0 radical (unpaired) electrons. The van der Waals surface area contributed by atoms with Gasteiger partial charge in [0.15, 0.2) is 5.03 Å². The van der Waals surface area contributed by atoms with E-state index in [1.807, 2.05) is 54.6 Å². The van der Waals surface area contributed by atoms with E-state index in [-0.39, 0.29) is 29.3 Å². The smallest absolute Gasteiger partial charge is 0.416 e. The number of sulfonamides is 1. The highest BCUT2D eigenvalue weighted by Crippen LogP contribution is 2.48. The lowest BCUT2D eigenvalue weighted by molar-refractivity contribution is -0.135. The average molecular weight is 673 g/mol. The van der Waals surface area contributed by atoms with Crippen molar-refractivity contribution in [2.24, 2.45) is 0 Å². The second-order valence-corrected chi connectivity index (χ2v) is 14.7. The lowest BCUT2D eigenvalue weighted by Gasteiger charge is -2.26. The van der Waals surface area contributed by atoms with Crippen molar-refractivity contribution in [1.29, 1.82) is 0 Å². The predicted molar refractivity (Wildman–Crippen MR) is 180 cm³/mol. The van der Waals surface area contributed by atoms with E-state index >= 15 is 0 Å². The van der Waals surface area contributed by atoms with Crippen molar-refractivity contribution < 1.29 is 32.6 Å². The summed E-state index contributed by atoms with van der Waals surface area (Å²) >= 11 is 0. The zero-order valence-electron chi connectivity index (χ0n) is 27.3. The number of benzene rings is 2. The minimum atomic E-state index is -4.09. The zero-order valence-corrected chi connectivity index (χ0v) is 28.1. The van der Waals surface area contributed by atoms with E-state index in [2.05, 4.69) is 9.97 Å². The standard InChI is InChI=1S/C36H40N4O7S/c1-35(2,3)47-34(43)40(24-33(41)42)31-13-9-12-30(38-31)23-39(48(44,45)32-14-7-8-21-37-32)22-27-15-17-29(18-16-27)36(19-20-36)26-46-25-28-10-5-4-6-11-28/h4-18,21H,19-20,22-26H2,1-3H3,(H,41,42). The molecule has 2 heterocycles. The van der Waals surface area contributed by atoms with Crippen molar-refractivity contribution in [2.45, 2.75) is 69.4 Å². The number of hydrogen-bond acceptors (Lipinski definition) is 8. The Morgan fingerprint density at radius 2 is 1.58 bits per heavy atom. The van der Waals surface area contributed by atoms with E-state index < -0.39 is 34.2 Å². The number of rotatable bonds is 14. The summed E-state index contributed by atoms with van der Waals surface area (Å²) in [5.74, 6) is -1.24. The molecular formula is C36H40N4O7S. The number of carboxylic acids is 1. The molecular weight excluding hydrogens is 632 g/mol. The number of carbonyl (C=O) groups is 2. The number of anilines is 1. The van der Waals surface area contributed by atoms with Crippen LogP contribution in [0.5, 0.6) is 0 Å². The maximum Gasteiger partial charge on any atom is 0.416 e. The average Bonchev–Trinajstić information content (AvgIpc) is 3.84. The highest BCUT2D eigenvalue weighted by atomic mass is 32.2. The van der Waals surface area contributed by atoms with Crippen molar-refractivity contribution in [3.8, 4) is 0 Å². The Balaban J connectivity index is 1.36. The SMILES string of the molecule is CC(C)(C)OC(=O)N(CC(=O)O)c1cccc(CN(Cc2ccc(C3(COCc4ccccc4)CC3)cc2)S(=O)(=O)c2ccccn2)n1. The van der Waals surface area contributed by atoms with Crippen LogP contribution in [0.15, 0.2) is 102 Å². The fraction of sp³-hybridized carbons (Fsp3) is 0.333. The van der Waals surface area contributed by atoms with Crippen LogP contribution in [0.4, 0.5) is 10.6 Å². The summed E-state index contributed by atoms with van der Waals surface area (Å²) < 4.78 is 40.5. The Bertz CT molecular complexity index is 1810. The molecule has 1 aliphatic rings. The third-order valence-corrected chi connectivity index (χ3v) is 9.53. The maximum absolute atomic E-state index is 13.9.